The van der Waals surface area contributed by atoms with Gasteiger partial charge in [0, 0.05) is 0 Å². The van der Waals surface area contributed by atoms with Gasteiger partial charge in [0.05, 0.1) is 20.1 Å². The van der Waals surface area contributed by atoms with Crippen molar-refractivity contribution in [2.45, 2.75) is 5.92 Å². The Balaban J connectivity index is 2.36. The van der Waals surface area contributed by atoms with Gasteiger partial charge < -0.3 is 15.2 Å². The van der Waals surface area contributed by atoms with Crippen LogP contribution in [0.5, 0.6) is 11.5 Å². The van der Waals surface area contributed by atoms with E-state index in [9.17, 15) is 4.79 Å². The summed E-state index contributed by atoms with van der Waals surface area (Å²) >= 11 is 0. The first-order valence-electron chi connectivity index (χ1n) is 6.23. The zero-order valence-corrected chi connectivity index (χ0v) is 11.5. The van der Waals surface area contributed by atoms with Crippen LogP contribution in [0.1, 0.15) is 17.0 Å². The van der Waals surface area contributed by atoms with Crippen molar-refractivity contribution in [2.75, 3.05) is 14.2 Å². The zero-order valence-electron chi connectivity index (χ0n) is 11.5. The van der Waals surface area contributed by atoms with Gasteiger partial charge in [-0.05, 0) is 35.4 Å². The van der Waals surface area contributed by atoms with Crippen molar-refractivity contribution in [3.05, 3.63) is 59.7 Å². The first-order chi connectivity index (χ1) is 9.65. The fourth-order valence-electron chi connectivity index (χ4n) is 2.11. The van der Waals surface area contributed by atoms with Gasteiger partial charge in [-0.25, -0.2) is 0 Å². The SMILES string of the molecule is COc1ccc(C(C(N)=O)c2ccc(OC)cc2)cc1. The number of amides is 1. The second-order valence-corrected chi connectivity index (χ2v) is 4.38. The summed E-state index contributed by atoms with van der Waals surface area (Å²) in [6, 6.07) is 14.6. The quantitative estimate of drug-likeness (QED) is 0.907. The van der Waals surface area contributed by atoms with E-state index in [1.807, 2.05) is 48.5 Å². The maximum absolute atomic E-state index is 11.8. The molecular formula is C16H17NO3. The summed E-state index contributed by atoms with van der Waals surface area (Å²) in [5.41, 5.74) is 7.21. The van der Waals surface area contributed by atoms with Crippen molar-refractivity contribution in [1.82, 2.24) is 0 Å². The monoisotopic (exact) mass is 271 g/mol. The molecule has 0 atom stereocenters. The summed E-state index contributed by atoms with van der Waals surface area (Å²) in [5, 5.41) is 0. The standard InChI is InChI=1S/C16H17NO3/c1-19-13-7-3-11(4-8-13)15(16(17)18)12-5-9-14(20-2)10-6-12/h3-10,15H,1-2H3,(H2,17,18). The van der Waals surface area contributed by atoms with Crippen molar-refractivity contribution in [3.63, 3.8) is 0 Å². The topological polar surface area (TPSA) is 61.5 Å². The molecule has 0 spiro atoms. The summed E-state index contributed by atoms with van der Waals surface area (Å²) < 4.78 is 10.2. The number of carbonyl (C=O) groups excluding carboxylic acids is 1. The molecule has 0 saturated heterocycles. The van der Waals surface area contributed by atoms with Crippen molar-refractivity contribution >= 4 is 5.91 Å². The summed E-state index contributed by atoms with van der Waals surface area (Å²) in [5.74, 6) is 0.616. The van der Waals surface area contributed by atoms with Crippen LogP contribution in [0.25, 0.3) is 0 Å². The van der Waals surface area contributed by atoms with Crippen LogP contribution < -0.4 is 15.2 Å². The Hall–Kier alpha value is -2.49. The van der Waals surface area contributed by atoms with Crippen LogP contribution in [0.4, 0.5) is 0 Å². The van der Waals surface area contributed by atoms with Gasteiger partial charge in [-0.3, -0.25) is 4.79 Å². The lowest BCUT2D eigenvalue weighted by Crippen LogP contribution is -2.22. The zero-order chi connectivity index (χ0) is 14.5. The van der Waals surface area contributed by atoms with Crippen LogP contribution in [-0.2, 0) is 4.79 Å². The van der Waals surface area contributed by atoms with Crippen molar-refractivity contribution in [3.8, 4) is 11.5 Å². The van der Waals surface area contributed by atoms with Crippen LogP contribution in [-0.4, -0.2) is 20.1 Å². The number of hydrogen-bond acceptors (Lipinski definition) is 3. The van der Waals surface area contributed by atoms with Gasteiger partial charge in [0.15, 0.2) is 0 Å². The van der Waals surface area contributed by atoms with Gasteiger partial charge in [0.2, 0.25) is 5.91 Å². The lowest BCUT2D eigenvalue weighted by molar-refractivity contribution is -0.118. The molecule has 0 aromatic heterocycles. The van der Waals surface area contributed by atoms with Gasteiger partial charge in [0.25, 0.3) is 0 Å². The van der Waals surface area contributed by atoms with E-state index in [4.69, 9.17) is 15.2 Å². The molecule has 0 fully saturated rings. The average molecular weight is 271 g/mol. The van der Waals surface area contributed by atoms with Gasteiger partial charge in [-0.1, -0.05) is 24.3 Å². The number of ether oxygens (including phenoxy) is 2. The molecule has 2 aromatic carbocycles. The Morgan fingerprint density at radius 1 is 0.850 bits per heavy atom. The predicted octanol–water partition coefficient (Wildman–Crippen LogP) is 2.32. The largest absolute Gasteiger partial charge is 0.497 e. The summed E-state index contributed by atoms with van der Waals surface area (Å²) in [4.78, 5) is 11.8. The molecule has 1 amide bonds. The number of hydrogen-bond donors (Lipinski definition) is 1. The maximum atomic E-state index is 11.8. The third-order valence-corrected chi connectivity index (χ3v) is 3.18. The van der Waals surface area contributed by atoms with Crippen molar-refractivity contribution < 1.29 is 14.3 Å². The van der Waals surface area contributed by atoms with Crippen LogP contribution in [0.15, 0.2) is 48.5 Å². The summed E-state index contributed by atoms with van der Waals surface area (Å²) in [6.07, 6.45) is 0. The van der Waals surface area contributed by atoms with E-state index in [1.54, 1.807) is 14.2 Å². The summed E-state index contributed by atoms with van der Waals surface area (Å²) in [6.45, 7) is 0. The third-order valence-electron chi connectivity index (χ3n) is 3.18. The molecule has 0 bridgehead atoms. The molecule has 104 valence electrons. The first-order valence-corrected chi connectivity index (χ1v) is 6.23. The summed E-state index contributed by atoms with van der Waals surface area (Å²) in [7, 11) is 3.20. The molecule has 2 aromatic rings. The van der Waals surface area contributed by atoms with E-state index < -0.39 is 5.92 Å². The molecule has 0 unspecified atom stereocenters. The molecule has 20 heavy (non-hydrogen) atoms. The Morgan fingerprint density at radius 2 is 1.20 bits per heavy atom. The van der Waals surface area contributed by atoms with Crippen LogP contribution in [0.3, 0.4) is 0 Å². The van der Waals surface area contributed by atoms with Gasteiger partial charge in [0.1, 0.15) is 11.5 Å². The van der Waals surface area contributed by atoms with E-state index in [1.165, 1.54) is 0 Å². The minimum absolute atomic E-state index is 0.389. The molecule has 2 rings (SSSR count). The van der Waals surface area contributed by atoms with Crippen molar-refractivity contribution in [1.29, 1.82) is 0 Å². The van der Waals surface area contributed by atoms with Gasteiger partial charge >= 0.3 is 0 Å². The van der Waals surface area contributed by atoms with Gasteiger partial charge in [-0.2, -0.15) is 0 Å². The number of primary amides is 1. The molecule has 0 saturated carbocycles. The lowest BCUT2D eigenvalue weighted by Gasteiger charge is -2.15. The number of benzene rings is 2. The molecule has 4 nitrogen and oxygen atoms in total. The first kappa shape index (κ1) is 13.9. The van der Waals surface area contributed by atoms with E-state index in [2.05, 4.69) is 0 Å². The third kappa shape index (κ3) is 2.91. The van der Waals surface area contributed by atoms with Crippen LogP contribution >= 0.6 is 0 Å². The van der Waals surface area contributed by atoms with E-state index >= 15 is 0 Å². The van der Waals surface area contributed by atoms with Crippen LogP contribution in [0.2, 0.25) is 0 Å². The smallest absolute Gasteiger partial charge is 0.229 e. The molecule has 0 radical (unpaired) electrons. The van der Waals surface area contributed by atoms with Crippen molar-refractivity contribution in [2.24, 2.45) is 5.73 Å². The highest BCUT2D eigenvalue weighted by Crippen LogP contribution is 2.27. The highest BCUT2D eigenvalue weighted by atomic mass is 16.5. The van der Waals surface area contributed by atoms with E-state index in [0.717, 1.165) is 22.6 Å². The number of methoxy groups -OCH3 is 2. The number of carbonyl (C=O) groups is 1. The second kappa shape index (κ2) is 6.10. The van der Waals surface area contributed by atoms with E-state index in [-0.39, 0.29) is 5.91 Å². The van der Waals surface area contributed by atoms with E-state index in [0.29, 0.717) is 0 Å². The number of rotatable bonds is 5. The van der Waals surface area contributed by atoms with Crippen LogP contribution in [0, 0.1) is 0 Å². The van der Waals surface area contributed by atoms with Gasteiger partial charge in [-0.15, -0.1) is 0 Å². The molecule has 4 heteroatoms. The second-order valence-electron chi connectivity index (χ2n) is 4.38. The fourth-order valence-corrected chi connectivity index (χ4v) is 2.11. The fraction of sp³-hybridized carbons (Fsp3) is 0.188. The Morgan fingerprint density at radius 3 is 1.45 bits per heavy atom. The Bertz CT molecular complexity index is 528. The average Bonchev–Trinajstić information content (AvgIpc) is 2.48. The number of nitrogens with two attached hydrogens (primary N) is 1. The highest BCUT2D eigenvalue weighted by Gasteiger charge is 2.20. The predicted molar refractivity (Wildman–Crippen MR) is 77.0 cm³/mol. The minimum atomic E-state index is -0.480. The lowest BCUT2D eigenvalue weighted by atomic mass is 9.90. The molecule has 0 aliphatic carbocycles. The highest BCUT2D eigenvalue weighted by molar-refractivity contribution is 5.85. The molecule has 0 aliphatic rings. The normalized spacial score (nSPS) is 10.3. The molecular weight excluding hydrogens is 254 g/mol. The maximum Gasteiger partial charge on any atom is 0.229 e. The molecule has 0 aliphatic heterocycles. The Kier molecular flexibility index (Phi) is 4.25. The minimum Gasteiger partial charge on any atom is -0.497 e. The molecule has 2 N–H and O–H groups in total. The Labute approximate surface area is 118 Å². The molecule has 0 heterocycles.